The van der Waals surface area contributed by atoms with Crippen molar-refractivity contribution in [3.8, 4) is 0 Å². The lowest BCUT2D eigenvalue weighted by atomic mass is 9.68. The maximum absolute atomic E-state index is 13.9. The normalized spacial score (nSPS) is 12.2. The molecule has 0 aromatic rings. The van der Waals surface area contributed by atoms with Crippen molar-refractivity contribution in [1.29, 1.82) is 0 Å². The Labute approximate surface area is 261 Å². The third-order valence-corrected chi connectivity index (χ3v) is 8.29. The SMILES string of the molecule is CCCCCCCC(=O)C(CCCCCCC(=O)OC(=O)C(O)CO)(C(=O)CCCCCCC)C(=O)CCCCCCC. The van der Waals surface area contributed by atoms with Crippen LogP contribution < -0.4 is 0 Å². The van der Waals surface area contributed by atoms with Crippen LogP contribution in [0.2, 0.25) is 0 Å². The summed E-state index contributed by atoms with van der Waals surface area (Å²) in [6, 6.07) is 0. The zero-order valence-electron chi connectivity index (χ0n) is 27.6. The van der Waals surface area contributed by atoms with E-state index in [9.17, 15) is 29.1 Å². The van der Waals surface area contributed by atoms with E-state index in [2.05, 4.69) is 25.5 Å². The molecule has 0 amide bonds. The van der Waals surface area contributed by atoms with E-state index >= 15 is 0 Å². The molecular formula is C35H62O8. The third kappa shape index (κ3) is 17.8. The summed E-state index contributed by atoms with van der Waals surface area (Å²) >= 11 is 0. The molecule has 0 saturated heterocycles. The molecular weight excluding hydrogens is 548 g/mol. The van der Waals surface area contributed by atoms with Gasteiger partial charge in [0.25, 0.3) is 0 Å². The van der Waals surface area contributed by atoms with Crippen LogP contribution in [-0.4, -0.2) is 52.2 Å². The van der Waals surface area contributed by atoms with E-state index in [4.69, 9.17) is 5.11 Å². The first kappa shape index (κ1) is 41.1. The van der Waals surface area contributed by atoms with Gasteiger partial charge in [0.2, 0.25) is 0 Å². The highest BCUT2D eigenvalue weighted by molar-refractivity contribution is 6.24. The van der Waals surface area contributed by atoms with Crippen LogP contribution in [0.3, 0.4) is 0 Å². The first-order valence-electron chi connectivity index (χ1n) is 17.3. The fourth-order valence-electron chi connectivity index (χ4n) is 5.51. The average Bonchev–Trinajstić information content (AvgIpc) is 2.99. The Morgan fingerprint density at radius 1 is 0.535 bits per heavy atom. The van der Waals surface area contributed by atoms with Gasteiger partial charge in [0, 0.05) is 25.7 Å². The van der Waals surface area contributed by atoms with Gasteiger partial charge in [-0.1, -0.05) is 117 Å². The number of unbranched alkanes of at least 4 members (excludes halogenated alkanes) is 15. The molecule has 0 aliphatic carbocycles. The lowest BCUT2D eigenvalue weighted by Crippen LogP contribution is -2.46. The molecule has 0 fully saturated rings. The summed E-state index contributed by atoms with van der Waals surface area (Å²) in [5.41, 5.74) is -1.56. The van der Waals surface area contributed by atoms with Crippen molar-refractivity contribution >= 4 is 29.3 Å². The number of aliphatic hydroxyl groups is 2. The standard InChI is InChI=1S/C35H62O8/c1-4-7-10-13-18-23-30(38)35(31(39)24-19-14-11-8-5-2,32(40)25-20-15-12-9-6-3)27-22-17-16-21-26-33(41)43-34(42)29(37)28-36/h29,36-37H,4-28H2,1-3H3. The molecule has 0 heterocycles. The van der Waals surface area contributed by atoms with Crippen LogP contribution in [0.1, 0.15) is 175 Å². The second kappa shape index (κ2) is 26.5. The van der Waals surface area contributed by atoms with Crippen molar-refractivity contribution in [1.82, 2.24) is 0 Å². The Kier molecular flexibility index (Phi) is 25.3. The number of hydrogen-bond acceptors (Lipinski definition) is 8. The summed E-state index contributed by atoms with van der Waals surface area (Å²) in [6.45, 7) is 5.59. The number of aliphatic hydroxyl groups excluding tert-OH is 2. The minimum absolute atomic E-state index is 0.0287. The van der Waals surface area contributed by atoms with Crippen molar-refractivity contribution in [3.63, 3.8) is 0 Å². The van der Waals surface area contributed by atoms with Gasteiger partial charge in [0.05, 0.1) is 6.61 Å². The number of ether oxygens (including phenoxy) is 1. The minimum Gasteiger partial charge on any atom is -0.393 e. The second-order valence-electron chi connectivity index (χ2n) is 12.1. The monoisotopic (exact) mass is 610 g/mol. The van der Waals surface area contributed by atoms with Crippen LogP contribution in [-0.2, 0) is 28.7 Å². The highest BCUT2D eigenvalue weighted by Crippen LogP contribution is 2.35. The van der Waals surface area contributed by atoms with E-state index in [1.165, 1.54) is 0 Å². The largest absolute Gasteiger partial charge is 0.393 e. The number of carbonyl (C=O) groups excluding carboxylic acids is 5. The summed E-state index contributed by atoms with van der Waals surface area (Å²) in [6.07, 6.45) is 16.0. The lowest BCUT2D eigenvalue weighted by Gasteiger charge is -2.30. The molecule has 0 saturated carbocycles. The maximum atomic E-state index is 13.9. The smallest absolute Gasteiger partial charge is 0.345 e. The van der Waals surface area contributed by atoms with Gasteiger partial charge in [0.1, 0.15) is 5.41 Å². The molecule has 0 radical (unpaired) electrons. The molecule has 0 aliphatic heterocycles. The summed E-state index contributed by atoms with van der Waals surface area (Å²) in [4.78, 5) is 64.9. The summed E-state index contributed by atoms with van der Waals surface area (Å²) in [5.74, 6) is -2.56. The summed E-state index contributed by atoms with van der Waals surface area (Å²) in [7, 11) is 0. The van der Waals surface area contributed by atoms with Gasteiger partial charge in [-0.15, -0.1) is 0 Å². The number of rotatable bonds is 30. The second-order valence-corrected chi connectivity index (χ2v) is 12.1. The van der Waals surface area contributed by atoms with E-state index in [0.29, 0.717) is 44.9 Å². The van der Waals surface area contributed by atoms with E-state index in [1.54, 1.807) is 0 Å². The topological polar surface area (TPSA) is 135 Å². The van der Waals surface area contributed by atoms with Crippen molar-refractivity contribution in [2.45, 2.75) is 181 Å². The molecule has 43 heavy (non-hydrogen) atoms. The van der Waals surface area contributed by atoms with Crippen molar-refractivity contribution in [2.75, 3.05) is 6.61 Å². The van der Waals surface area contributed by atoms with Crippen molar-refractivity contribution in [3.05, 3.63) is 0 Å². The predicted octanol–water partition coefficient (Wildman–Crippen LogP) is 7.53. The zero-order chi connectivity index (χ0) is 32.3. The average molecular weight is 611 g/mol. The Balaban J connectivity index is 5.49. The van der Waals surface area contributed by atoms with Gasteiger partial charge in [-0.2, -0.15) is 0 Å². The van der Waals surface area contributed by atoms with Gasteiger partial charge in [-0.05, 0) is 32.1 Å². The molecule has 250 valence electrons. The molecule has 2 N–H and O–H groups in total. The van der Waals surface area contributed by atoms with E-state index in [0.717, 1.165) is 77.0 Å². The predicted molar refractivity (Wildman–Crippen MR) is 169 cm³/mol. The lowest BCUT2D eigenvalue weighted by molar-refractivity contribution is -0.167. The van der Waals surface area contributed by atoms with Crippen LogP contribution in [0.5, 0.6) is 0 Å². The Morgan fingerprint density at radius 2 is 0.884 bits per heavy atom. The van der Waals surface area contributed by atoms with Crippen molar-refractivity contribution < 1.29 is 38.9 Å². The zero-order valence-corrected chi connectivity index (χ0v) is 27.6. The molecule has 0 rings (SSSR count). The highest BCUT2D eigenvalue weighted by Gasteiger charge is 2.49. The van der Waals surface area contributed by atoms with Gasteiger partial charge in [-0.3, -0.25) is 19.2 Å². The van der Waals surface area contributed by atoms with Crippen LogP contribution in [0, 0.1) is 5.41 Å². The minimum atomic E-state index is -1.74. The molecule has 0 aromatic heterocycles. The van der Waals surface area contributed by atoms with Crippen LogP contribution in [0.4, 0.5) is 0 Å². The number of ketones is 3. The number of hydrogen-bond donors (Lipinski definition) is 2. The molecule has 0 aliphatic rings. The maximum Gasteiger partial charge on any atom is 0.345 e. The van der Waals surface area contributed by atoms with Gasteiger partial charge < -0.3 is 14.9 Å². The molecule has 0 aromatic carbocycles. The molecule has 1 atom stereocenters. The van der Waals surface area contributed by atoms with Gasteiger partial charge in [0.15, 0.2) is 23.5 Å². The fourth-order valence-corrected chi connectivity index (χ4v) is 5.51. The highest BCUT2D eigenvalue weighted by atomic mass is 16.6. The Bertz CT molecular complexity index is 726. The van der Waals surface area contributed by atoms with Crippen LogP contribution in [0.15, 0.2) is 0 Å². The molecule has 8 heteroatoms. The van der Waals surface area contributed by atoms with Gasteiger partial charge in [-0.25, -0.2) is 4.79 Å². The first-order chi connectivity index (χ1) is 20.7. The quantitative estimate of drug-likeness (QED) is 0.0484. The molecule has 0 bridgehead atoms. The summed E-state index contributed by atoms with van der Waals surface area (Å²) in [5, 5.41) is 18.0. The molecule has 1 unspecified atom stereocenters. The summed E-state index contributed by atoms with van der Waals surface area (Å²) < 4.78 is 4.52. The first-order valence-corrected chi connectivity index (χ1v) is 17.3. The van der Waals surface area contributed by atoms with Gasteiger partial charge >= 0.3 is 11.9 Å². The number of Topliss-reactive ketones (excluding diaryl/α,β-unsaturated/α-hetero) is 3. The van der Waals surface area contributed by atoms with Crippen molar-refractivity contribution in [2.24, 2.45) is 5.41 Å². The molecule has 8 nitrogen and oxygen atoms in total. The van der Waals surface area contributed by atoms with E-state index < -0.39 is 30.1 Å². The number of esters is 2. The van der Waals surface area contributed by atoms with E-state index in [1.807, 2.05) is 0 Å². The van der Waals surface area contributed by atoms with Crippen LogP contribution in [0.25, 0.3) is 0 Å². The third-order valence-electron chi connectivity index (χ3n) is 8.29. The van der Waals surface area contributed by atoms with E-state index in [-0.39, 0.29) is 49.5 Å². The Hall–Kier alpha value is -1.93. The fraction of sp³-hybridized carbons (Fsp3) is 0.857. The van der Waals surface area contributed by atoms with Crippen LogP contribution >= 0.6 is 0 Å². The molecule has 0 spiro atoms. The Morgan fingerprint density at radius 3 is 1.26 bits per heavy atom. The number of carbonyl (C=O) groups is 5.